The van der Waals surface area contributed by atoms with Gasteiger partial charge < -0.3 is 0 Å². The monoisotopic (exact) mass is 356 g/mol. The highest BCUT2D eigenvalue weighted by atomic mass is 35.5. The summed E-state index contributed by atoms with van der Waals surface area (Å²) in [7, 11) is -3.89. The van der Waals surface area contributed by atoms with Crippen LogP contribution >= 0.6 is 34.7 Å². The molecule has 0 fully saturated rings. The van der Waals surface area contributed by atoms with Gasteiger partial charge in [0.15, 0.2) is 8.68 Å². The Morgan fingerprint density at radius 3 is 2.65 bits per heavy atom. The van der Waals surface area contributed by atoms with Crippen molar-refractivity contribution in [3.05, 3.63) is 34.9 Å². The second kappa shape index (κ2) is 6.25. The van der Waals surface area contributed by atoms with Crippen molar-refractivity contribution in [3.63, 3.8) is 0 Å². The molecule has 0 unspecified atom stereocenters. The molecule has 0 aliphatic carbocycles. The molecular formula is C10H7ClF2N2O2S3. The van der Waals surface area contributed by atoms with E-state index in [0.717, 1.165) is 17.5 Å². The molecule has 1 heterocycles. The molecule has 1 N–H and O–H groups in total. The van der Waals surface area contributed by atoms with Gasteiger partial charge in [0, 0.05) is 4.90 Å². The van der Waals surface area contributed by atoms with Gasteiger partial charge in [-0.25, -0.2) is 13.4 Å². The minimum Gasteiger partial charge on any atom is -0.278 e. The van der Waals surface area contributed by atoms with Crippen LogP contribution in [0.1, 0.15) is 0 Å². The fraction of sp³-hybridized carbons (Fsp3) is 0.100. The number of rotatable bonds is 5. The van der Waals surface area contributed by atoms with Crippen LogP contribution in [0.25, 0.3) is 0 Å². The van der Waals surface area contributed by atoms with Crippen LogP contribution < -0.4 is 4.72 Å². The van der Waals surface area contributed by atoms with Crippen LogP contribution in [0.4, 0.5) is 14.5 Å². The molecule has 0 radical (unpaired) electrons. The molecule has 0 saturated carbocycles. The van der Waals surface area contributed by atoms with Gasteiger partial charge in [-0.3, -0.25) is 4.72 Å². The van der Waals surface area contributed by atoms with E-state index in [1.54, 1.807) is 12.1 Å². The van der Waals surface area contributed by atoms with E-state index in [2.05, 4.69) is 9.71 Å². The predicted octanol–water partition coefficient (Wildman–Crippen LogP) is 3.91. The number of nitrogens with one attached hydrogen (secondary N) is 1. The van der Waals surface area contributed by atoms with Crippen LogP contribution in [0.3, 0.4) is 0 Å². The average Bonchev–Trinajstić information content (AvgIpc) is 2.78. The van der Waals surface area contributed by atoms with E-state index in [1.807, 2.05) is 0 Å². The molecule has 108 valence electrons. The first-order valence-corrected chi connectivity index (χ1v) is 8.62. The first kappa shape index (κ1) is 15.5. The molecule has 1 aromatic carbocycles. The van der Waals surface area contributed by atoms with Crippen LogP contribution in [0, 0.1) is 0 Å². The molecule has 0 aliphatic rings. The number of aromatic nitrogens is 1. The summed E-state index contributed by atoms with van der Waals surface area (Å²) in [5, 5.41) is 0. The van der Waals surface area contributed by atoms with Gasteiger partial charge in [0.25, 0.3) is 15.8 Å². The van der Waals surface area contributed by atoms with Gasteiger partial charge in [0.2, 0.25) is 0 Å². The number of thioether (sulfide) groups is 1. The lowest BCUT2D eigenvalue weighted by atomic mass is 10.3. The van der Waals surface area contributed by atoms with Gasteiger partial charge in [-0.15, -0.1) is 0 Å². The Morgan fingerprint density at radius 1 is 1.35 bits per heavy atom. The summed E-state index contributed by atoms with van der Waals surface area (Å²) in [6.45, 7) is 0. The summed E-state index contributed by atoms with van der Waals surface area (Å²) in [6.07, 6.45) is 1.11. The van der Waals surface area contributed by atoms with Gasteiger partial charge in [-0.1, -0.05) is 46.8 Å². The number of para-hydroxylation sites is 1. The largest absolute Gasteiger partial charge is 0.288 e. The number of sulfonamides is 1. The summed E-state index contributed by atoms with van der Waals surface area (Å²) in [4.78, 5) is 3.78. The second-order valence-corrected chi connectivity index (χ2v) is 7.97. The molecule has 10 heteroatoms. The molecule has 2 rings (SSSR count). The molecule has 0 saturated heterocycles. The summed E-state index contributed by atoms with van der Waals surface area (Å²) in [5.74, 6) is -2.64. The highest BCUT2D eigenvalue weighted by Gasteiger charge is 2.20. The topological polar surface area (TPSA) is 59.1 Å². The molecule has 0 spiro atoms. The van der Waals surface area contributed by atoms with Crippen LogP contribution in [-0.4, -0.2) is 19.2 Å². The van der Waals surface area contributed by atoms with Gasteiger partial charge in [-0.2, -0.15) is 8.78 Å². The second-order valence-electron chi connectivity index (χ2n) is 3.41. The first-order chi connectivity index (χ1) is 9.38. The van der Waals surface area contributed by atoms with E-state index in [4.69, 9.17) is 11.6 Å². The van der Waals surface area contributed by atoms with Crippen molar-refractivity contribution >= 4 is 50.4 Å². The maximum atomic E-state index is 12.4. The van der Waals surface area contributed by atoms with E-state index in [1.165, 1.54) is 12.1 Å². The summed E-state index contributed by atoms with van der Waals surface area (Å²) >= 11 is 6.63. The SMILES string of the molecule is O=S(=O)(Nc1ccccc1SC(F)F)c1cnc(Cl)s1. The van der Waals surface area contributed by atoms with E-state index >= 15 is 0 Å². The molecule has 2 aromatic rings. The van der Waals surface area contributed by atoms with E-state index < -0.39 is 15.8 Å². The average molecular weight is 357 g/mol. The Bertz CT molecular complexity index is 706. The van der Waals surface area contributed by atoms with E-state index in [-0.39, 0.29) is 31.0 Å². The lowest BCUT2D eigenvalue weighted by Gasteiger charge is -2.10. The molecule has 4 nitrogen and oxygen atoms in total. The lowest BCUT2D eigenvalue weighted by Crippen LogP contribution is -2.12. The zero-order valence-electron chi connectivity index (χ0n) is 9.59. The normalized spacial score (nSPS) is 11.8. The third-order valence-electron chi connectivity index (χ3n) is 2.07. The Balaban J connectivity index is 2.30. The Morgan fingerprint density at radius 2 is 2.05 bits per heavy atom. The van der Waals surface area contributed by atoms with Gasteiger partial charge >= 0.3 is 0 Å². The van der Waals surface area contributed by atoms with Crippen LogP contribution in [0.2, 0.25) is 4.47 Å². The smallest absolute Gasteiger partial charge is 0.278 e. The summed E-state index contributed by atoms with van der Waals surface area (Å²) in [6, 6.07) is 5.92. The molecule has 0 amide bonds. The number of halogens is 3. The molecule has 0 atom stereocenters. The molecule has 20 heavy (non-hydrogen) atoms. The molecule has 1 aromatic heterocycles. The fourth-order valence-electron chi connectivity index (χ4n) is 1.31. The summed E-state index contributed by atoms with van der Waals surface area (Å²) < 4.78 is 51.2. The van der Waals surface area contributed by atoms with Crippen LogP contribution in [0.15, 0.2) is 39.6 Å². The number of nitrogens with zero attached hydrogens (tertiary/aromatic N) is 1. The predicted molar refractivity (Wildman–Crippen MR) is 76.2 cm³/mol. The van der Waals surface area contributed by atoms with E-state index in [9.17, 15) is 17.2 Å². The Labute approximate surface area is 127 Å². The van der Waals surface area contributed by atoms with Crippen LogP contribution in [-0.2, 0) is 10.0 Å². The van der Waals surface area contributed by atoms with Crippen molar-refractivity contribution in [3.8, 4) is 0 Å². The van der Waals surface area contributed by atoms with Gasteiger partial charge in [0.05, 0.1) is 11.9 Å². The van der Waals surface area contributed by atoms with Crippen molar-refractivity contribution in [2.24, 2.45) is 0 Å². The number of anilines is 1. The Hall–Kier alpha value is -0.900. The van der Waals surface area contributed by atoms with Crippen molar-refractivity contribution in [2.45, 2.75) is 14.9 Å². The standard InChI is InChI=1S/C10H7ClF2N2O2S3/c11-9-14-5-8(19-9)20(16,17)15-6-3-1-2-4-7(6)18-10(12)13/h1-5,10,15H. The Kier molecular flexibility index (Phi) is 4.84. The molecular weight excluding hydrogens is 350 g/mol. The van der Waals surface area contributed by atoms with Crippen molar-refractivity contribution in [1.82, 2.24) is 4.98 Å². The molecule has 0 aliphatic heterocycles. The van der Waals surface area contributed by atoms with Gasteiger partial charge in [-0.05, 0) is 12.1 Å². The van der Waals surface area contributed by atoms with Crippen molar-refractivity contribution in [2.75, 3.05) is 4.72 Å². The number of alkyl halides is 2. The zero-order chi connectivity index (χ0) is 14.8. The van der Waals surface area contributed by atoms with Crippen molar-refractivity contribution < 1.29 is 17.2 Å². The number of hydrogen-bond donors (Lipinski definition) is 1. The highest BCUT2D eigenvalue weighted by Crippen LogP contribution is 2.33. The maximum absolute atomic E-state index is 12.4. The molecule has 0 bridgehead atoms. The first-order valence-electron chi connectivity index (χ1n) is 5.06. The minimum absolute atomic E-state index is 0.0839. The minimum atomic E-state index is -3.89. The number of benzene rings is 1. The fourth-order valence-corrected chi connectivity index (χ4v) is 4.34. The highest BCUT2D eigenvalue weighted by molar-refractivity contribution is 8.00. The van der Waals surface area contributed by atoms with E-state index in [0.29, 0.717) is 0 Å². The van der Waals surface area contributed by atoms with Crippen LogP contribution in [0.5, 0.6) is 0 Å². The number of hydrogen-bond acceptors (Lipinski definition) is 5. The third kappa shape index (κ3) is 3.81. The lowest BCUT2D eigenvalue weighted by molar-refractivity contribution is 0.252. The van der Waals surface area contributed by atoms with Crippen molar-refractivity contribution in [1.29, 1.82) is 0 Å². The number of thiazole rings is 1. The van der Waals surface area contributed by atoms with Gasteiger partial charge in [0.1, 0.15) is 0 Å². The zero-order valence-corrected chi connectivity index (χ0v) is 12.8. The quantitative estimate of drug-likeness (QED) is 0.825. The third-order valence-corrected chi connectivity index (χ3v) is 5.80. The summed E-state index contributed by atoms with van der Waals surface area (Å²) in [5.41, 5.74) is 0.0855. The maximum Gasteiger partial charge on any atom is 0.288 e.